The summed E-state index contributed by atoms with van der Waals surface area (Å²) in [6, 6.07) is 19.8. The lowest BCUT2D eigenvalue weighted by atomic mass is 9.86. The second kappa shape index (κ2) is 5.49. The summed E-state index contributed by atoms with van der Waals surface area (Å²) in [4.78, 5) is 14.8. The topological polar surface area (TPSA) is 49.0 Å². The molecule has 0 radical (unpaired) electrons. The molecule has 0 spiro atoms. The van der Waals surface area contributed by atoms with Gasteiger partial charge in [-0.3, -0.25) is 4.79 Å². The quantitative estimate of drug-likeness (QED) is 0.685. The van der Waals surface area contributed by atoms with Crippen molar-refractivity contribution < 1.29 is 4.79 Å². The van der Waals surface area contributed by atoms with Crippen molar-refractivity contribution in [3.8, 4) is 6.07 Å². The summed E-state index contributed by atoms with van der Waals surface area (Å²) in [6.07, 6.45) is 0.756. The molecule has 1 amide bonds. The zero-order chi connectivity index (χ0) is 17.6. The molecule has 4 rings (SSSR count). The first-order chi connectivity index (χ1) is 12.1. The number of nitrogens with zero attached hydrogens (tertiary/aromatic N) is 3. The summed E-state index contributed by atoms with van der Waals surface area (Å²) < 4.78 is 2.07. The van der Waals surface area contributed by atoms with Gasteiger partial charge in [0.2, 0.25) is 0 Å². The number of amides is 1. The maximum Gasteiger partial charge on any atom is 0.255 e. The van der Waals surface area contributed by atoms with Gasteiger partial charge in [0.25, 0.3) is 5.91 Å². The van der Waals surface area contributed by atoms with E-state index in [1.54, 1.807) is 17.0 Å². The number of carbonyl (C=O) groups is 1. The molecule has 1 atom stereocenters. The van der Waals surface area contributed by atoms with E-state index in [9.17, 15) is 10.1 Å². The Bertz CT molecular complexity index is 1010. The van der Waals surface area contributed by atoms with Gasteiger partial charge in [-0.2, -0.15) is 5.26 Å². The SMILES string of the molecule is Cn1c2c(c3ccccc31)CCN(C(=O)c1ccccc1)C2(C)C#N. The van der Waals surface area contributed by atoms with Crippen molar-refractivity contribution in [3.05, 3.63) is 71.4 Å². The Balaban J connectivity index is 1.90. The number of para-hydroxylation sites is 1. The molecule has 0 aliphatic carbocycles. The molecular formula is C21H19N3O. The van der Waals surface area contributed by atoms with Crippen molar-refractivity contribution in [1.29, 1.82) is 5.26 Å². The van der Waals surface area contributed by atoms with Crippen LogP contribution in [0.15, 0.2) is 54.6 Å². The Morgan fingerprint density at radius 1 is 1.12 bits per heavy atom. The van der Waals surface area contributed by atoms with Crippen LogP contribution in [0, 0.1) is 11.3 Å². The lowest BCUT2D eigenvalue weighted by molar-refractivity contribution is 0.0573. The Morgan fingerprint density at radius 3 is 2.52 bits per heavy atom. The fourth-order valence-electron chi connectivity index (χ4n) is 4.07. The number of nitriles is 1. The number of carbonyl (C=O) groups excluding carboxylic acids is 1. The molecule has 0 saturated carbocycles. The van der Waals surface area contributed by atoms with E-state index in [0.29, 0.717) is 12.1 Å². The van der Waals surface area contributed by atoms with E-state index in [1.165, 1.54) is 10.9 Å². The summed E-state index contributed by atoms with van der Waals surface area (Å²) in [7, 11) is 1.98. The predicted molar refractivity (Wildman–Crippen MR) is 97.1 cm³/mol. The summed E-state index contributed by atoms with van der Waals surface area (Å²) >= 11 is 0. The number of aryl methyl sites for hydroxylation is 1. The zero-order valence-electron chi connectivity index (χ0n) is 14.4. The van der Waals surface area contributed by atoms with E-state index in [-0.39, 0.29) is 5.91 Å². The molecular weight excluding hydrogens is 310 g/mol. The van der Waals surface area contributed by atoms with Crippen molar-refractivity contribution in [3.63, 3.8) is 0 Å². The van der Waals surface area contributed by atoms with Crippen LogP contribution in [0.4, 0.5) is 0 Å². The molecule has 1 aromatic heterocycles. The molecule has 1 aliphatic heterocycles. The highest BCUT2D eigenvalue weighted by Crippen LogP contribution is 2.40. The minimum atomic E-state index is -0.992. The molecule has 2 aromatic carbocycles. The Kier molecular flexibility index (Phi) is 3.40. The van der Waals surface area contributed by atoms with Crippen molar-refractivity contribution in [2.75, 3.05) is 6.54 Å². The smallest absolute Gasteiger partial charge is 0.255 e. The van der Waals surface area contributed by atoms with Crippen molar-refractivity contribution >= 4 is 16.8 Å². The standard InChI is InChI=1S/C21H19N3O/c1-21(14-22)19-17(16-10-6-7-11-18(16)23(19)2)12-13-24(21)20(25)15-8-4-3-5-9-15/h3-11H,12-13H2,1-2H3. The van der Waals surface area contributed by atoms with Gasteiger partial charge in [0, 0.05) is 30.1 Å². The van der Waals surface area contributed by atoms with Crippen LogP contribution in [0.25, 0.3) is 10.9 Å². The van der Waals surface area contributed by atoms with Gasteiger partial charge in [-0.1, -0.05) is 36.4 Å². The molecule has 2 heterocycles. The third kappa shape index (κ3) is 2.09. The van der Waals surface area contributed by atoms with Crippen molar-refractivity contribution in [2.45, 2.75) is 18.9 Å². The van der Waals surface area contributed by atoms with E-state index in [2.05, 4.69) is 22.8 Å². The molecule has 3 aromatic rings. The van der Waals surface area contributed by atoms with Gasteiger partial charge in [-0.15, -0.1) is 0 Å². The maximum atomic E-state index is 13.1. The van der Waals surface area contributed by atoms with Crippen LogP contribution in [0.2, 0.25) is 0 Å². The normalized spacial score (nSPS) is 19.5. The van der Waals surface area contributed by atoms with Crippen molar-refractivity contribution in [2.24, 2.45) is 7.05 Å². The molecule has 25 heavy (non-hydrogen) atoms. The summed E-state index contributed by atoms with van der Waals surface area (Å²) in [5.74, 6) is -0.0967. The largest absolute Gasteiger partial charge is 0.344 e. The fraction of sp³-hybridized carbons (Fsp3) is 0.238. The lowest BCUT2D eigenvalue weighted by Crippen LogP contribution is -2.51. The number of benzene rings is 2. The first kappa shape index (κ1) is 15.5. The lowest BCUT2D eigenvalue weighted by Gasteiger charge is -2.40. The van der Waals surface area contributed by atoms with E-state index in [1.807, 2.05) is 44.3 Å². The van der Waals surface area contributed by atoms with Gasteiger partial charge >= 0.3 is 0 Å². The van der Waals surface area contributed by atoms with Crippen molar-refractivity contribution in [1.82, 2.24) is 9.47 Å². The van der Waals surface area contributed by atoms with Gasteiger partial charge in [-0.25, -0.2) is 0 Å². The van der Waals surface area contributed by atoms with Crippen LogP contribution < -0.4 is 0 Å². The zero-order valence-corrected chi connectivity index (χ0v) is 14.4. The molecule has 0 N–H and O–H groups in total. The number of hydrogen-bond acceptors (Lipinski definition) is 2. The fourth-order valence-corrected chi connectivity index (χ4v) is 4.07. The Hall–Kier alpha value is -3.06. The number of rotatable bonds is 1. The molecule has 1 aliphatic rings. The van der Waals surface area contributed by atoms with E-state index < -0.39 is 5.54 Å². The minimum absolute atomic E-state index is 0.0967. The van der Waals surface area contributed by atoms with Crippen LogP contribution in [-0.2, 0) is 19.0 Å². The average molecular weight is 329 g/mol. The monoisotopic (exact) mass is 329 g/mol. The van der Waals surface area contributed by atoms with Gasteiger partial charge < -0.3 is 9.47 Å². The highest BCUT2D eigenvalue weighted by atomic mass is 16.2. The minimum Gasteiger partial charge on any atom is -0.344 e. The first-order valence-electron chi connectivity index (χ1n) is 8.43. The van der Waals surface area contributed by atoms with Crippen LogP contribution in [0.1, 0.15) is 28.5 Å². The molecule has 0 fully saturated rings. The highest BCUT2D eigenvalue weighted by molar-refractivity contribution is 5.96. The van der Waals surface area contributed by atoms with E-state index in [0.717, 1.165) is 17.6 Å². The van der Waals surface area contributed by atoms with Crippen LogP contribution in [-0.4, -0.2) is 21.9 Å². The van der Waals surface area contributed by atoms with E-state index in [4.69, 9.17) is 0 Å². The third-order valence-corrected chi connectivity index (χ3v) is 5.28. The molecule has 0 bridgehead atoms. The second-order valence-electron chi connectivity index (χ2n) is 6.66. The maximum absolute atomic E-state index is 13.1. The summed E-state index contributed by atoms with van der Waals surface area (Å²) in [5.41, 5.74) is 2.83. The summed E-state index contributed by atoms with van der Waals surface area (Å²) in [5, 5.41) is 11.2. The van der Waals surface area contributed by atoms with Crippen LogP contribution >= 0.6 is 0 Å². The average Bonchev–Trinajstić information content (AvgIpc) is 2.96. The number of fused-ring (bicyclic) bond motifs is 3. The molecule has 124 valence electrons. The molecule has 4 heteroatoms. The van der Waals surface area contributed by atoms with Crippen LogP contribution in [0.5, 0.6) is 0 Å². The van der Waals surface area contributed by atoms with Gasteiger partial charge in [0.1, 0.15) is 0 Å². The molecule has 4 nitrogen and oxygen atoms in total. The number of aromatic nitrogens is 1. The van der Waals surface area contributed by atoms with Gasteiger partial charge in [0.15, 0.2) is 5.54 Å². The van der Waals surface area contributed by atoms with E-state index >= 15 is 0 Å². The molecule has 1 unspecified atom stereocenters. The van der Waals surface area contributed by atoms with Gasteiger partial charge in [0.05, 0.1) is 11.8 Å². The Labute approximate surface area is 146 Å². The Morgan fingerprint density at radius 2 is 1.80 bits per heavy atom. The third-order valence-electron chi connectivity index (χ3n) is 5.28. The highest BCUT2D eigenvalue weighted by Gasteiger charge is 2.45. The summed E-state index contributed by atoms with van der Waals surface area (Å²) in [6.45, 7) is 2.39. The van der Waals surface area contributed by atoms with Gasteiger partial charge in [-0.05, 0) is 37.1 Å². The first-order valence-corrected chi connectivity index (χ1v) is 8.43. The predicted octanol–water partition coefficient (Wildman–Crippen LogP) is 3.62. The number of hydrogen-bond donors (Lipinski definition) is 0. The molecule has 0 saturated heterocycles. The second-order valence-corrected chi connectivity index (χ2v) is 6.66. The van der Waals surface area contributed by atoms with Crippen LogP contribution in [0.3, 0.4) is 0 Å².